The third kappa shape index (κ3) is 3.60. The Morgan fingerprint density at radius 2 is 2.08 bits per heavy atom. The number of hydrogen-bond acceptors (Lipinski definition) is 3. The van der Waals surface area contributed by atoms with Crippen LogP contribution in [0.5, 0.6) is 5.75 Å². The van der Waals surface area contributed by atoms with Crippen molar-refractivity contribution in [3.05, 3.63) is 46.2 Å². The number of fused-ring (bicyclic) bond motifs is 1. The Balaban J connectivity index is 1.56. The van der Waals surface area contributed by atoms with Crippen LogP contribution < -0.4 is 15.0 Å². The summed E-state index contributed by atoms with van der Waals surface area (Å²) in [6, 6.07) is 8.93. The van der Waals surface area contributed by atoms with Gasteiger partial charge in [-0.1, -0.05) is 35.3 Å². The maximum absolute atomic E-state index is 12.2. The second-order valence-corrected chi connectivity index (χ2v) is 6.40. The summed E-state index contributed by atoms with van der Waals surface area (Å²) in [6.07, 6.45) is 0.609. The molecule has 0 unspecified atom stereocenters. The predicted molar refractivity (Wildman–Crippen MR) is 96.7 cm³/mol. The van der Waals surface area contributed by atoms with Crippen LogP contribution in [0, 0.1) is 0 Å². The van der Waals surface area contributed by atoms with Crippen LogP contribution in [-0.2, 0) is 11.8 Å². The van der Waals surface area contributed by atoms with E-state index < -0.39 is 0 Å². The van der Waals surface area contributed by atoms with E-state index in [-0.39, 0.29) is 18.4 Å². The Morgan fingerprint density at radius 1 is 1.32 bits per heavy atom. The van der Waals surface area contributed by atoms with Crippen LogP contribution in [-0.4, -0.2) is 36.1 Å². The first kappa shape index (κ1) is 17.6. The lowest BCUT2D eigenvalue weighted by molar-refractivity contribution is -0.121. The molecule has 1 N–H and O–H groups in total. The number of benzene rings is 1. The van der Waals surface area contributed by atoms with Gasteiger partial charge in [0.1, 0.15) is 16.6 Å². The van der Waals surface area contributed by atoms with Gasteiger partial charge in [-0.05, 0) is 24.6 Å². The zero-order chi connectivity index (χ0) is 18.0. The molecule has 0 radical (unpaired) electrons. The minimum atomic E-state index is -0.259. The van der Waals surface area contributed by atoms with E-state index in [1.54, 1.807) is 11.9 Å². The van der Waals surface area contributed by atoms with E-state index in [2.05, 4.69) is 5.32 Å². The number of rotatable bonds is 5. The molecule has 0 bridgehead atoms. The van der Waals surface area contributed by atoms with Crippen molar-refractivity contribution in [3.63, 3.8) is 0 Å². The molecule has 132 valence electrons. The number of aromatic nitrogens is 1. The SMILES string of the molecule is Cn1c(C(=O)NCCCN2C(=O)COc3ccccc32)cc(Cl)c1Cl. The molecule has 1 aliphatic heterocycles. The first-order valence-electron chi connectivity index (χ1n) is 7.80. The molecule has 2 heterocycles. The van der Waals surface area contributed by atoms with Gasteiger partial charge in [0.2, 0.25) is 0 Å². The van der Waals surface area contributed by atoms with Crippen LogP contribution in [0.3, 0.4) is 0 Å². The van der Waals surface area contributed by atoms with E-state index in [0.29, 0.717) is 41.1 Å². The Kier molecular flexibility index (Phi) is 5.20. The summed E-state index contributed by atoms with van der Waals surface area (Å²) in [5.41, 5.74) is 1.15. The number of carbonyl (C=O) groups excluding carboxylic acids is 2. The van der Waals surface area contributed by atoms with E-state index in [4.69, 9.17) is 27.9 Å². The zero-order valence-corrected chi connectivity index (χ0v) is 15.1. The third-order valence-electron chi connectivity index (χ3n) is 4.00. The fraction of sp³-hybridized carbons (Fsp3) is 0.294. The Labute approximate surface area is 155 Å². The summed E-state index contributed by atoms with van der Waals surface area (Å²) in [6.45, 7) is 0.948. The summed E-state index contributed by atoms with van der Waals surface area (Å²) in [5.74, 6) is 0.343. The second-order valence-electron chi connectivity index (χ2n) is 5.64. The molecule has 1 aromatic heterocycles. The average Bonchev–Trinajstić information content (AvgIpc) is 2.87. The largest absolute Gasteiger partial charge is 0.482 e. The summed E-state index contributed by atoms with van der Waals surface area (Å²) in [4.78, 5) is 25.9. The van der Waals surface area contributed by atoms with Gasteiger partial charge in [-0.3, -0.25) is 9.59 Å². The summed E-state index contributed by atoms with van der Waals surface area (Å²) in [7, 11) is 1.67. The highest BCUT2D eigenvalue weighted by molar-refractivity contribution is 6.41. The molecule has 0 fully saturated rings. The number of para-hydroxylation sites is 2. The number of hydrogen-bond donors (Lipinski definition) is 1. The predicted octanol–water partition coefficient (Wildman–Crippen LogP) is 2.88. The lowest BCUT2D eigenvalue weighted by Crippen LogP contribution is -2.40. The molecular formula is C17H17Cl2N3O3. The molecule has 6 nitrogen and oxygen atoms in total. The van der Waals surface area contributed by atoms with Crippen molar-refractivity contribution in [2.24, 2.45) is 7.05 Å². The van der Waals surface area contributed by atoms with Crippen LogP contribution in [0.15, 0.2) is 30.3 Å². The molecule has 0 spiro atoms. The van der Waals surface area contributed by atoms with Gasteiger partial charge in [-0.2, -0.15) is 0 Å². The second kappa shape index (κ2) is 7.37. The van der Waals surface area contributed by atoms with Crippen molar-refractivity contribution in [3.8, 4) is 5.75 Å². The molecule has 3 rings (SSSR count). The number of anilines is 1. The molecule has 0 saturated carbocycles. The molecule has 1 aromatic carbocycles. The zero-order valence-electron chi connectivity index (χ0n) is 13.6. The lowest BCUT2D eigenvalue weighted by atomic mass is 10.2. The molecule has 25 heavy (non-hydrogen) atoms. The monoisotopic (exact) mass is 381 g/mol. The van der Waals surface area contributed by atoms with Crippen LogP contribution in [0.1, 0.15) is 16.9 Å². The van der Waals surface area contributed by atoms with Crippen LogP contribution in [0.2, 0.25) is 10.2 Å². The number of nitrogens with zero attached hydrogens (tertiary/aromatic N) is 2. The number of carbonyl (C=O) groups is 2. The van der Waals surface area contributed by atoms with E-state index >= 15 is 0 Å². The molecule has 2 aromatic rings. The smallest absolute Gasteiger partial charge is 0.267 e. The van der Waals surface area contributed by atoms with Gasteiger partial charge in [-0.25, -0.2) is 0 Å². The molecule has 8 heteroatoms. The normalized spacial score (nSPS) is 13.4. The Morgan fingerprint density at radius 3 is 2.80 bits per heavy atom. The fourth-order valence-corrected chi connectivity index (χ4v) is 3.06. The first-order valence-corrected chi connectivity index (χ1v) is 8.55. The molecule has 2 amide bonds. The maximum atomic E-state index is 12.2. The van der Waals surface area contributed by atoms with Gasteiger partial charge in [0.05, 0.1) is 10.7 Å². The maximum Gasteiger partial charge on any atom is 0.267 e. The van der Waals surface area contributed by atoms with E-state index in [9.17, 15) is 9.59 Å². The van der Waals surface area contributed by atoms with Crippen molar-refractivity contribution in [1.82, 2.24) is 9.88 Å². The van der Waals surface area contributed by atoms with E-state index in [1.165, 1.54) is 10.6 Å². The molecule has 0 aliphatic carbocycles. The Bertz CT molecular complexity index is 819. The third-order valence-corrected chi connectivity index (χ3v) is 4.84. The molecule has 0 saturated heterocycles. The van der Waals surface area contributed by atoms with Gasteiger partial charge in [-0.15, -0.1) is 0 Å². The summed E-state index contributed by atoms with van der Waals surface area (Å²) in [5, 5.41) is 3.47. The van der Waals surface area contributed by atoms with Gasteiger partial charge < -0.3 is 19.5 Å². The lowest BCUT2D eigenvalue weighted by Gasteiger charge is -2.29. The van der Waals surface area contributed by atoms with Crippen molar-refractivity contribution in [2.45, 2.75) is 6.42 Å². The van der Waals surface area contributed by atoms with Crippen LogP contribution in [0.4, 0.5) is 5.69 Å². The van der Waals surface area contributed by atoms with E-state index in [0.717, 1.165) is 5.69 Å². The standard InChI is InChI=1S/C17H17Cl2N3O3/c1-21-13(9-11(18)16(21)19)17(24)20-7-4-8-22-12-5-2-3-6-14(12)25-10-15(22)23/h2-3,5-6,9H,4,7-8,10H2,1H3,(H,20,24). The number of halogens is 2. The highest BCUT2D eigenvalue weighted by atomic mass is 35.5. The molecule has 0 atom stereocenters. The van der Waals surface area contributed by atoms with Crippen LogP contribution in [0.25, 0.3) is 0 Å². The van der Waals surface area contributed by atoms with Crippen molar-refractivity contribution >= 4 is 40.7 Å². The average molecular weight is 382 g/mol. The van der Waals surface area contributed by atoms with Gasteiger partial charge >= 0.3 is 0 Å². The van der Waals surface area contributed by atoms with Gasteiger partial charge in [0, 0.05) is 20.1 Å². The Hall–Kier alpha value is -2.18. The van der Waals surface area contributed by atoms with Crippen molar-refractivity contribution < 1.29 is 14.3 Å². The quantitative estimate of drug-likeness (QED) is 0.809. The summed E-state index contributed by atoms with van der Waals surface area (Å²) < 4.78 is 6.94. The highest BCUT2D eigenvalue weighted by Gasteiger charge is 2.24. The minimum Gasteiger partial charge on any atom is -0.482 e. The van der Waals surface area contributed by atoms with Crippen molar-refractivity contribution in [2.75, 3.05) is 24.6 Å². The fourth-order valence-electron chi connectivity index (χ4n) is 2.69. The first-order chi connectivity index (χ1) is 12.0. The number of amides is 2. The highest BCUT2D eigenvalue weighted by Crippen LogP contribution is 2.31. The molecular weight excluding hydrogens is 365 g/mol. The number of ether oxygens (including phenoxy) is 1. The van der Waals surface area contributed by atoms with Gasteiger partial charge in [0.15, 0.2) is 6.61 Å². The summed E-state index contributed by atoms with van der Waals surface area (Å²) >= 11 is 11.9. The van der Waals surface area contributed by atoms with Crippen molar-refractivity contribution in [1.29, 1.82) is 0 Å². The minimum absolute atomic E-state index is 0.0315. The van der Waals surface area contributed by atoms with Gasteiger partial charge in [0.25, 0.3) is 11.8 Å². The molecule has 1 aliphatic rings. The van der Waals surface area contributed by atoms with E-state index in [1.807, 2.05) is 24.3 Å². The van der Waals surface area contributed by atoms with Crippen LogP contribution >= 0.6 is 23.2 Å². The number of nitrogens with one attached hydrogen (secondary N) is 1. The topological polar surface area (TPSA) is 63.6 Å².